The van der Waals surface area contributed by atoms with Gasteiger partial charge in [-0.15, -0.1) is 0 Å². The number of urea groups is 1. The van der Waals surface area contributed by atoms with Gasteiger partial charge in [-0.1, -0.05) is 12.1 Å². The number of nitrogens with one attached hydrogen (secondary N) is 1. The van der Waals surface area contributed by atoms with Gasteiger partial charge in [0.2, 0.25) is 5.88 Å². The SMILES string of the molecule is O=C1NCCN1C1(c2ccc(Oc3ccc(Br)cn3)cc2)CC1. The van der Waals surface area contributed by atoms with Crippen molar-refractivity contribution in [2.75, 3.05) is 13.1 Å². The fourth-order valence-electron chi connectivity index (χ4n) is 3.09. The molecule has 2 aliphatic rings. The molecule has 1 saturated heterocycles. The first-order valence-electron chi connectivity index (χ1n) is 7.63. The number of nitrogens with zero attached hydrogens (tertiary/aromatic N) is 2. The highest BCUT2D eigenvalue weighted by molar-refractivity contribution is 9.10. The van der Waals surface area contributed by atoms with Crippen LogP contribution in [0.15, 0.2) is 47.1 Å². The third kappa shape index (κ3) is 2.67. The normalized spacial score (nSPS) is 18.7. The molecule has 1 aliphatic carbocycles. The van der Waals surface area contributed by atoms with Crippen LogP contribution in [0.2, 0.25) is 0 Å². The van der Waals surface area contributed by atoms with Crippen molar-refractivity contribution in [3.63, 3.8) is 0 Å². The number of hydrogen-bond donors (Lipinski definition) is 1. The summed E-state index contributed by atoms with van der Waals surface area (Å²) in [5.41, 5.74) is 1.06. The molecule has 1 aliphatic heterocycles. The highest BCUT2D eigenvalue weighted by Crippen LogP contribution is 2.51. The Bertz CT molecular complexity index is 727. The van der Waals surface area contributed by atoms with E-state index in [2.05, 4.69) is 26.2 Å². The summed E-state index contributed by atoms with van der Waals surface area (Å²) < 4.78 is 6.66. The van der Waals surface area contributed by atoms with Crippen LogP contribution < -0.4 is 10.1 Å². The van der Waals surface area contributed by atoms with Crippen molar-refractivity contribution in [1.29, 1.82) is 0 Å². The predicted octanol–water partition coefficient (Wildman–Crippen LogP) is 3.65. The van der Waals surface area contributed by atoms with Crippen molar-refractivity contribution in [3.8, 4) is 11.6 Å². The molecule has 118 valence electrons. The molecule has 0 bridgehead atoms. The molecule has 0 unspecified atom stereocenters. The fraction of sp³-hybridized carbons (Fsp3) is 0.294. The second kappa shape index (κ2) is 5.53. The summed E-state index contributed by atoms with van der Waals surface area (Å²) in [7, 11) is 0. The summed E-state index contributed by atoms with van der Waals surface area (Å²) in [6.07, 6.45) is 3.75. The van der Waals surface area contributed by atoms with E-state index >= 15 is 0 Å². The van der Waals surface area contributed by atoms with Gasteiger partial charge in [0.15, 0.2) is 0 Å². The van der Waals surface area contributed by atoms with Crippen molar-refractivity contribution in [1.82, 2.24) is 15.2 Å². The van der Waals surface area contributed by atoms with Gasteiger partial charge in [0.1, 0.15) is 5.75 Å². The predicted molar refractivity (Wildman–Crippen MR) is 89.5 cm³/mol. The molecule has 0 spiro atoms. The lowest BCUT2D eigenvalue weighted by Crippen LogP contribution is -2.38. The largest absolute Gasteiger partial charge is 0.439 e. The molecular weight excluding hydrogens is 358 g/mol. The molecule has 5 nitrogen and oxygen atoms in total. The molecule has 0 atom stereocenters. The van der Waals surface area contributed by atoms with E-state index in [1.165, 1.54) is 5.56 Å². The highest BCUT2D eigenvalue weighted by atomic mass is 79.9. The summed E-state index contributed by atoms with van der Waals surface area (Å²) in [4.78, 5) is 18.1. The van der Waals surface area contributed by atoms with Gasteiger partial charge in [-0.25, -0.2) is 9.78 Å². The average Bonchev–Trinajstić information content (AvgIpc) is 3.25. The zero-order valence-electron chi connectivity index (χ0n) is 12.5. The number of pyridine rings is 1. The topological polar surface area (TPSA) is 54.5 Å². The summed E-state index contributed by atoms with van der Waals surface area (Å²) >= 11 is 3.35. The van der Waals surface area contributed by atoms with Crippen LogP contribution in [-0.2, 0) is 5.54 Å². The van der Waals surface area contributed by atoms with Gasteiger partial charge in [0, 0.05) is 29.8 Å². The maximum absolute atomic E-state index is 11.9. The Morgan fingerprint density at radius 1 is 1.17 bits per heavy atom. The van der Waals surface area contributed by atoms with E-state index in [4.69, 9.17) is 4.74 Å². The van der Waals surface area contributed by atoms with Crippen molar-refractivity contribution in [3.05, 3.63) is 52.6 Å². The monoisotopic (exact) mass is 373 g/mol. The van der Waals surface area contributed by atoms with E-state index in [0.29, 0.717) is 5.88 Å². The maximum atomic E-state index is 11.9. The molecule has 2 fully saturated rings. The Kier molecular flexibility index (Phi) is 3.49. The molecular formula is C17H16BrN3O2. The van der Waals surface area contributed by atoms with Crippen LogP contribution >= 0.6 is 15.9 Å². The lowest BCUT2D eigenvalue weighted by molar-refractivity contribution is 0.190. The number of halogens is 1. The number of amides is 2. The number of carbonyl (C=O) groups excluding carboxylic acids is 1. The van der Waals surface area contributed by atoms with Crippen LogP contribution in [0.3, 0.4) is 0 Å². The summed E-state index contributed by atoms with van der Waals surface area (Å²) in [6.45, 7) is 1.51. The minimum atomic E-state index is -0.116. The van der Waals surface area contributed by atoms with E-state index in [1.807, 2.05) is 41.3 Å². The van der Waals surface area contributed by atoms with Gasteiger partial charge >= 0.3 is 6.03 Å². The maximum Gasteiger partial charge on any atom is 0.318 e. The Morgan fingerprint density at radius 2 is 1.96 bits per heavy atom. The van der Waals surface area contributed by atoms with E-state index < -0.39 is 0 Å². The molecule has 1 aromatic carbocycles. The van der Waals surface area contributed by atoms with E-state index in [1.54, 1.807) is 6.20 Å². The zero-order valence-corrected chi connectivity index (χ0v) is 14.0. The zero-order chi connectivity index (χ0) is 15.9. The number of hydrogen-bond acceptors (Lipinski definition) is 3. The second-order valence-electron chi connectivity index (χ2n) is 5.86. The molecule has 2 aromatic rings. The number of benzene rings is 1. The van der Waals surface area contributed by atoms with Crippen molar-refractivity contribution < 1.29 is 9.53 Å². The van der Waals surface area contributed by atoms with Gasteiger partial charge in [0.05, 0.1) is 5.54 Å². The van der Waals surface area contributed by atoms with E-state index in [-0.39, 0.29) is 11.6 Å². The second-order valence-corrected chi connectivity index (χ2v) is 6.77. The first kappa shape index (κ1) is 14.5. The number of rotatable bonds is 4. The number of ether oxygens (including phenoxy) is 1. The Balaban J connectivity index is 1.52. The van der Waals surface area contributed by atoms with Crippen LogP contribution in [0.4, 0.5) is 4.79 Å². The first-order valence-corrected chi connectivity index (χ1v) is 8.42. The molecule has 4 rings (SSSR count). The third-order valence-electron chi connectivity index (χ3n) is 4.41. The van der Waals surface area contributed by atoms with Crippen LogP contribution in [0.25, 0.3) is 0 Å². The molecule has 2 amide bonds. The smallest absolute Gasteiger partial charge is 0.318 e. The molecule has 1 saturated carbocycles. The Hall–Kier alpha value is -2.08. The quantitative estimate of drug-likeness (QED) is 0.889. The van der Waals surface area contributed by atoms with Crippen molar-refractivity contribution in [2.24, 2.45) is 0 Å². The van der Waals surface area contributed by atoms with Gasteiger partial charge in [-0.3, -0.25) is 0 Å². The Labute approximate surface area is 142 Å². The highest BCUT2D eigenvalue weighted by Gasteiger charge is 2.52. The lowest BCUT2D eigenvalue weighted by atomic mass is 10.0. The number of aromatic nitrogens is 1. The van der Waals surface area contributed by atoms with E-state index in [9.17, 15) is 4.79 Å². The lowest BCUT2D eigenvalue weighted by Gasteiger charge is -2.27. The number of carbonyl (C=O) groups is 1. The summed E-state index contributed by atoms with van der Waals surface area (Å²) in [5, 5.41) is 2.88. The van der Waals surface area contributed by atoms with Crippen LogP contribution in [0.5, 0.6) is 11.6 Å². The first-order chi connectivity index (χ1) is 11.2. The molecule has 23 heavy (non-hydrogen) atoms. The van der Waals surface area contributed by atoms with Crippen LogP contribution in [0, 0.1) is 0 Å². The molecule has 0 radical (unpaired) electrons. The van der Waals surface area contributed by atoms with Crippen LogP contribution in [0.1, 0.15) is 18.4 Å². The van der Waals surface area contributed by atoms with Gasteiger partial charge in [-0.05, 0) is 52.5 Å². The third-order valence-corrected chi connectivity index (χ3v) is 4.88. The van der Waals surface area contributed by atoms with Crippen LogP contribution in [-0.4, -0.2) is 29.0 Å². The molecule has 2 heterocycles. The minimum absolute atomic E-state index is 0.0434. The minimum Gasteiger partial charge on any atom is -0.439 e. The van der Waals surface area contributed by atoms with Crippen molar-refractivity contribution in [2.45, 2.75) is 18.4 Å². The molecule has 6 heteroatoms. The Morgan fingerprint density at radius 3 is 2.52 bits per heavy atom. The standard InChI is InChI=1S/C17H16BrN3O2/c18-13-3-6-15(20-11-13)23-14-4-1-12(2-5-14)17(7-8-17)21-10-9-19-16(21)22/h1-6,11H,7-10H2,(H,19,22). The van der Waals surface area contributed by atoms with Gasteiger partial charge in [-0.2, -0.15) is 0 Å². The molecule has 1 aromatic heterocycles. The average molecular weight is 374 g/mol. The molecule has 1 N–H and O–H groups in total. The van der Waals surface area contributed by atoms with Gasteiger partial charge < -0.3 is 15.0 Å². The van der Waals surface area contributed by atoms with E-state index in [0.717, 1.165) is 36.2 Å². The summed E-state index contributed by atoms with van der Waals surface area (Å²) in [6, 6.07) is 11.7. The summed E-state index contributed by atoms with van der Waals surface area (Å²) in [5.74, 6) is 1.30. The fourth-order valence-corrected chi connectivity index (χ4v) is 3.32. The van der Waals surface area contributed by atoms with Gasteiger partial charge in [0.25, 0.3) is 0 Å². The van der Waals surface area contributed by atoms with Crippen molar-refractivity contribution >= 4 is 22.0 Å².